The highest BCUT2D eigenvalue weighted by atomic mass is 16.6. The molecular formula is C26H25N3O3. The fourth-order valence-electron chi connectivity index (χ4n) is 3.99. The number of rotatable bonds is 2. The first kappa shape index (κ1) is 20.1. The van der Waals surface area contributed by atoms with E-state index in [1.807, 2.05) is 66.7 Å². The molecule has 0 radical (unpaired) electrons. The molecule has 6 nitrogen and oxygen atoms in total. The summed E-state index contributed by atoms with van der Waals surface area (Å²) < 4.78 is 11.7. The van der Waals surface area contributed by atoms with Crippen LogP contribution in [0.3, 0.4) is 0 Å². The van der Waals surface area contributed by atoms with Gasteiger partial charge in [0.2, 0.25) is 0 Å². The lowest BCUT2D eigenvalue weighted by Gasteiger charge is -2.36. The van der Waals surface area contributed by atoms with Gasteiger partial charge >= 0.3 is 6.09 Å². The molecule has 3 aromatic rings. The van der Waals surface area contributed by atoms with Crippen LogP contribution in [0.5, 0.6) is 11.5 Å². The van der Waals surface area contributed by atoms with Crippen molar-refractivity contribution in [3.63, 3.8) is 0 Å². The third-order valence-electron chi connectivity index (χ3n) is 5.73. The number of hydrogen-bond acceptors (Lipinski definition) is 5. The zero-order chi connectivity index (χ0) is 21.9. The standard InChI is InChI=1S/C26H25N3O3/c1-19-11-12-23-21(17-19)25(27-22-9-5-6-10-24(22)32-23)28-13-15-29(16-14-28)26(30)31-18-20-7-3-2-4-8-20/h2-12,17H,13-16,18H2,1H3. The second kappa shape index (κ2) is 8.75. The van der Waals surface area contributed by atoms with Crippen molar-refractivity contribution < 1.29 is 14.3 Å². The number of aryl methyl sites for hydroxylation is 1. The van der Waals surface area contributed by atoms with Crippen molar-refractivity contribution in [3.8, 4) is 11.5 Å². The number of para-hydroxylation sites is 2. The van der Waals surface area contributed by atoms with Crippen LogP contribution in [0, 0.1) is 6.92 Å². The monoisotopic (exact) mass is 427 g/mol. The number of carbonyl (C=O) groups excluding carboxylic acids is 1. The Morgan fingerprint density at radius 3 is 2.50 bits per heavy atom. The number of carbonyl (C=O) groups is 1. The summed E-state index contributed by atoms with van der Waals surface area (Å²) in [6, 6.07) is 23.7. The Bertz CT molecular complexity index is 1150. The smallest absolute Gasteiger partial charge is 0.410 e. The molecule has 0 spiro atoms. The molecule has 0 aliphatic carbocycles. The molecule has 0 N–H and O–H groups in total. The molecule has 0 unspecified atom stereocenters. The Morgan fingerprint density at radius 2 is 1.69 bits per heavy atom. The van der Waals surface area contributed by atoms with E-state index in [0.717, 1.165) is 39.7 Å². The number of nitrogens with zero attached hydrogens (tertiary/aromatic N) is 3. The van der Waals surface area contributed by atoms with E-state index in [1.54, 1.807) is 4.90 Å². The van der Waals surface area contributed by atoms with E-state index in [4.69, 9.17) is 14.5 Å². The van der Waals surface area contributed by atoms with Gasteiger partial charge < -0.3 is 19.3 Å². The second-order valence-corrected chi connectivity index (χ2v) is 8.02. The van der Waals surface area contributed by atoms with Crippen LogP contribution in [-0.2, 0) is 11.3 Å². The summed E-state index contributed by atoms with van der Waals surface area (Å²) in [7, 11) is 0. The maximum absolute atomic E-state index is 12.6. The van der Waals surface area contributed by atoms with E-state index in [9.17, 15) is 4.79 Å². The highest BCUT2D eigenvalue weighted by molar-refractivity contribution is 6.04. The molecule has 162 valence electrons. The quantitative estimate of drug-likeness (QED) is 0.569. The molecular weight excluding hydrogens is 402 g/mol. The van der Waals surface area contributed by atoms with E-state index in [2.05, 4.69) is 17.9 Å². The Morgan fingerprint density at radius 1 is 0.938 bits per heavy atom. The van der Waals surface area contributed by atoms with Crippen molar-refractivity contribution in [2.45, 2.75) is 13.5 Å². The summed E-state index contributed by atoms with van der Waals surface area (Å²) in [4.78, 5) is 21.5. The molecule has 2 heterocycles. The molecule has 6 heteroatoms. The predicted octanol–water partition coefficient (Wildman–Crippen LogP) is 5.13. The highest BCUT2D eigenvalue weighted by Crippen LogP contribution is 2.38. The van der Waals surface area contributed by atoms with Crippen molar-refractivity contribution in [2.75, 3.05) is 26.2 Å². The van der Waals surface area contributed by atoms with Crippen LogP contribution in [0.15, 0.2) is 77.8 Å². The maximum Gasteiger partial charge on any atom is 0.410 e. The first-order valence-electron chi connectivity index (χ1n) is 10.8. The first-order chi connectivity index (χ1) is 15.7. The topological polar surface area (TPSA) is 54.4 Å². The lowest BCUT2D eigenvalue weighted by Crippen LogP contribution is -2.50. The van der Waals surface area contributed by atoms with Crippen LogP contribution in [0.2, 0.25) is 0 Å². The molecule has 0 aromatic heterocycles. The fraction of sp³-hybridized carbons (Fsp3) is 0.231. The molecule has 2 aliphatic rings. The predicted molar refractivity (Wildman–Crippen MR) is 124 cm³/mol. The number of amides is 1. The molecule has 1 fully saturated rings. The summed E-state index contributed by atoms with van der Waals surface area (Å²) in [5.41, 5.74) is 3.91. The van der Waals surface area contributed by atoms with Crippen molar-refractivity contribution in [2.24, 2.45) is 4.99 Å². The Labute approximate surface area is 187 Å². The minimum absolute atomic E-state index is 0.277. The fourth-order valence-corrected chi connectivity index (χ4v) is 3.99. The molecule has 3 aromatic carbocycles. The maximum atomic E-state index is 12.6. The van der Waals surface area contributed by atoms with Gasteiger partial charge in [-0.25, -0.2) is 9.79 Å². The Hall–Kier alpha value is -3.80. The molecule has 0 atom stereocenters. The molecule has 0 bridgehead atoms. The van der Waals surface area contributed by atoms with Crippen LogP contribution in [0.4, 0.5) is 10.5 Å². The number of aliphatic imine (C=N–C) groups is 1. The largest absolute Gasteiger partial charge is 0.454 e. The van der Waals surface area contributed by atoms with E-state index < -0.39 is 0 Å². The zero-order valence-electron chi connectivity index (χ0n) is 18.0. The number of amidine groups is 1. The molecule has 0 saturated carbocycles. The van der Waals surface area contributed by atoms with Gasteiger partial charge in [0.1, 0.15) is 23.9 Å². The lowest BCUT2D eigenvalue weighted by molar-refractivity contribution is 0.0826. The van der Waals surface area contributed by atoms with Gasteiger partial charge in [-0.1, -0.05) is 54.1 Å². The molecule has 2 aliphatic heterocycles. The Balaban J connectivity index is 1.32. The van der Waals surface area contributed by atoms with E-state index in [0.29, 0.717) is 26.2 Å². The third kappa shape index (κ3) is 4.17. The number of piperazine rings is 1. The average Bonchev–Trinajstić information content (AvgIpc) is 3.00. The van der Waals surface area contributed by atoms with Gasteiger partial charge in [-0.15, -0.1) is 0 Å². The summed E-state index contributed by atoms with van der Waals surface area (Å²) >= 11 is 0. The van der Waals surface area contributed by atoms with Gasteiger partial charge in [-0.05, 0) is 36.8 Å². The summed E-state index contributed by atoms with van der Waals surface area (Å²) in [5.74, 6) is 2.42. The van der Waals surface area contributed by atoms with E-state index in [-0.39, 0.29) is 12.7 Å². The van der Waals surface area contributed by atoms with Crippen molar-refractivity contribution >= 4 is 17.6 Å². The van der Waals surface area contributed by atoms with Crippen LogP contribution >= 0.6 is 0 Å². The van der Waals surface area contributed by atoms with Gasteiger partial charge in [0.05, 0.1) is 5.56 Å². The summed E-state index contributed by atoms with van der Waals surface area (Å²) in [6.45, 7) is 4.86. The lowest BCUT2D eigenvalue weighted by atomic mass is 10.1. The molecule has 1 saturated heterocycles. The number of hydrogen-bond donors (Lipinski definition) is 0. The number of ether oxygens (including phenoxy) is 2. The minimum atomic E-state index is -0.277. The van der Waals surface area contributed by atoms with E-state index >= 15 is 0 Å². The molecule has 5 rings (SSSR count). The van der Waals surface area contributed by atoms with Gasteiger partial charge in [-0.2, -0.15) is 0 Å². The SMILES string of the molecule is Cc1ccc2c(c1)C(N1CCN(C(=O)OCc3ccccc3)CC1)=Nc1ccccc1O2. The summed E-state index contributed by atoms with van der Waals surface area (Å²) in [5, 5.41) is 0. The van der Waals surface area contributed by atoms with Crippen LogP contribution in [0.1, 0.15) is 16.7 Å². The second-order valence-electron chi connectivity index (χ2n) is 8.02. The number of fused-ring (bicyclic) bond motifs is 2. The van der Waals surface area contributed by atoms with Gasteiger partial charge in [-0.3, -0.25) is 0 Å². The van der Waals surface area contributed by atoms with Crippen molar-refractivity contribution in [3.05, 3.63) is 89.5 Å². The number of benzene rings is 3. The van der Waals surface area contributed by atoms with E-state index in [1.165, 1.54) is 0 Å². The highest BCUT2D eigenvalue weighted by Gasteiger charge is 2.28. The van der Waals surface area contributed by atoms with Crippen molar-refractivity contribution in [1.82, 2.24) is 9.80 Å². The summed E-state index contributed by atoms with van der Waals surface area (Å²) in [6.07, 6.45) is -0.277. The normalized spacial score (nSPS) is 15.1. The van der Waals surface area contributed by atoms with Gasteiger partial charge in [0.15, 0.2) is 5.75 Å². The Kier molecular flexibility index (Phi) is 5.50. The molecule has 32 heavy (non-hydrogen) atoms. The third-order valence-corrected chi connectivity index (χ3v) is 5.73. The first-order valence-corrected chi connectivity index (χ1v) is 10.8. The zero-order valence-corrected chi connectivity index (χ0v) is 18.0. The van der Waals surface area contributed by atoms with Crippen molar-refractivity contribution in [1.29, 1.82) is 0 Å². The van der Waals surface area contributed by atoms with Gasteiger partial charge in [0, 0.05) is 26.2 Å². The molecule has 1 amide bonds. The van der Waals surface area contributed by atoms with Crippen LogP contribution < -0.4 is 4.74 Å². The minimum Gasteiger partial charge on any atom is -0.454 e. The van der Waals surface area contributed by atoms with Gasteiger partial charge in [0.25, 0.3) is 0 Å². The van der Waals surface area contributed by atoms with Crippen LogP contribution in [-0.4, -0.2) is 47.9 Å². The average molecular weight is 428 g/mol. The van der Waals surface area contributed by atoms with Crippen LogP contribution in [0.25, 0.3) is 0 Å².